The number of aromatic nitrogens is 4. The van der Waals surface area contributed by atoms with Crippen LogP contribution in [-0.2, 0) is 0 Å². The number of hydrogen-bond acceptors (Lipinski definition) is 4. The summed E-state index contributed by atoms with van der Waals surface area (Å²) in [5.41, 5.74) is 11.8. The highest BCUT2D eigenvalue weighted by Crippen LogP contribution is 2.42. The third-order valence-electron chi connectivity index (χ3n) is 11.6. The van der Waals surface area contributed by atoms with Gasteiger partial charge in [0.05, 0.1) is 16.5 Å². The third-order valence-corrected chi connectivity index (χ3v) is 11.6. The predicted molar refractivity (Wildman–Crippen MR) is 254 cm³/mol. The van der Waals surface area contributed by atoms with Gasteiger partial charge in [-0.05, 0) is 64.2 Å². The number of rotatable bonds is 7. The Hall–Kier alpha value is -8.41. The Morgan fingerprint density at radius 1 is 0.371 bits per heavy atom. The van der Waals surface area contributed by atoms with Crippen molar-refractivity contribution in [2.75, 3.05) is 0 Å². The molecule has 0 fully saturated rings. The second kappa shape index (κ2) is 14.7. The van der Waals surface area contributed by atoms with Crippen molar-refractivity contribution >= 4 is 43.7 Å². The van der Waals surface area contributed by atoms with Crippen molar-refractivity contribution in [3.8, 4) is 73.2 Å². The van der Waals surface area contributed by atoms with E-state index in [1.807, 2.05) is 138 Å². The first kappa shape index (κ1) is 31.5. The number of para-hydroxylation sites is 3. The molecule has 0 aliphatic rings. The van der Waals surface area contributed by atoms with Crippen LogP contribution in [0.15, 0.2) is 223 Å². The number of nitrogens with zero attached hydrogens (tertiary/aromatic N) is 4. The van der Waals surface area contributed by atoms with E-state index in [1.54, 1.807) is 0 Å². The van der Waals surface area contributed by atoms with E-state index in [1.165, 1.54) is 0 Å². The number of hydrogen-bond donors (Lipinski definition) is 0. The molecule has 0 saturated carbocycles. The summed E-state index contributed by atoms with van der Waals surface area (Å²) in [6.07, 6.45) is 0. The molecule has 0 unspecified atom stereocenters. The first-order valence-corrected chi connectivity index (χ1v) is 20.5. The van der Waals surface area contributed by atoms with Gasteiger partial charge in [0.25, 0.3) is 0 Å². The highest BCUT2D eigenvalue weighted by atomic mass is 16.3. The first-order valence-electron chi connectivity index (χ1n) is 22.5. The summed E-state index contributed by atoms with van der Waals surface area (Å²) in [7, 11) is 0. The Bertz CT molecular complexity index is 3870. The Morgan fingerprint density at radius 3 is 1.73 bits per heavy atom. The normalized spacial score (nSPS) is 12.5. The minimum absolute atomic E-state index is 0.0918. The fourth-order valence-corrected chi connectivity index (χ4v) is 8.68. The zero-order chi connectivity index (χ0) is 44.5. The molecule has 5 nitrogen and oxygen atoms in total. The third kappa shape index (κ3) is 6.06. The molecular formula is C57H36N4O. The number of furan rings is 1. The van der Waals surface area contributed by atoms with Gasteiger partial charge in [-0.25, -0.2) is 15.0 Å². The molecule has 0 bridgehead atoms. The molecule has 0 spiro atoms. The van der Waals surface area contributed by atoms with Crippen LogP contribution in [0, 0.1) is 0 Å². The quantitative estimate of drug-likeness (QED) is 0.161. The molecule has 0 radical (unpaired) electrons. The van der Waals surface area contributed by atoms with Gasteiger partial charge in [0.2, 0.25) is 0 Å². The van der Waals surface area contributed by atoms with E-state index in [0.29, 0.717) is 45.0 Å². The SMILES string of the molecule is [2H]c1c([2H])c([2H])c2c(c1[2H])c1cccc(-c3ccccc3-c3ccccc3)c1n2-c1cccc(-c2nc(-c3ccc(-c4ccccc4)cc3)nc(-c3ccc4c(c3)oc3ccccc34)n2)c1. The first-order chi connectivity index (χ1) is 32.4. The van der Waals surface area contributed by atoms with Gasteiger partial charge < -0.3 is 8.98 Å². The van der Waals surface area contributed by atoms with E-state index in [2.05, 4.69) is 60.7 Å². The Balaban J connectivity index is 1.08. The molecule has 9 aromatic carbocycles. The smallest absolute Gasteiger partial charge is 0.164 e. The van der Waals surface area contributed by atoms with Crippen molar-refractivity contribution in [1.82, 2.24) is 19.5 Å². The molecule has 3 aromatic heterocycles. The van der Waals surface area contributed by atoms with Crippen LogP contribution >= 0.6 is 0 Å². The molecule has 0 N–H and O–H groups in total. The molecule has 3 heterocycles. The van der Waals surface area contributed by atoms with E-state index in [-0.39, 0.29) is 24.2 Å². The molecule has 0 atom stereocenters. The Kier molecular flexibility index (Phi) is 7.47. The van der Waals surface area contributed by atoms with Crippen LogP contribution in [0.1, 0.15) is 5.48 Å². The second-order valence-electron chi connectivity index (χ2n) is 15.3. The molecule has 290 valence electrons. The molecule has 0 saturated heterocycles. The zero-order valence-corrected chi connectivity index (χ0v) is 33.2. The lowest BCUT2D eigenvalue weighted by atomic mass is 9.93. The van der Waals surface area contributed by atoms with Crippen molar-refractivity contribution in [3.63, 3.8) is 0 Å². The molecular weight excluding hydrogens is 757 g/mol. The summed E-state index contributed by atoms with van der Waals surface area (Å²) in [4.78, 5) is 15.4. The van der Waals surface area contributed by atoms with Gasteiger partial charge in [0.15, 0.2) is 17.5 Å². The molecule has 0 amide bonds. The van der Waals surface area contributed by atoms with Crippen LogP contribution in [0.25, 0.3) is 117 Å². The lowest BCUT2D eigenvalue weighted by Gasteiger charge is -2.15. The fourth-order valence-electron chi connectivity index (χ4n) is 8.68. The average molecular weight is 797 g/mol. The fraction of sp³-hybridized carbons (Fsp3) is 0. The molecule has 0 aliphatic carbocycles. The van der Waals surface area contributed by atoms with Crippen LogP contribution in [-0.4, -0.2) is 19.5 Å². The standard InChI is InChI=1S/C57H36N4O/c1-3-15-37(16-4-1)38-29-31-40(32-30-38)55-58-56(60-57(59-55)42-33-34-48-47-24-10-12-28-52(47)62-53(48)36-42)41-19-13-20-43(35-41)61-51-27-11-9-23-46(51)50-26-14-25-49(54(50)61)45-22-8-7-21-44(45)39-17-5-2-6-18-39/h1-36H/i9D,11D,23D,27D. The Morgan fingerprint density at radius 2 is 0.919 bits per heavy atom. The van der Waals surface area contributed by atoms with Gasteiger partial charge >= 0.3 is 0 Å². The van der Waals surface area contributed by atoms with Gasteiger partial charge in [0, 0.05) is 49.5 Å². The average Bonchev–Trinajstić information content (AvgIpc) is 3.94. The van der Waals surface area contributed by atoms with Crippen LogP contribution in [0.5, 0.6) is 0 Å². The summed E-state index contributed by atoms with van der Waals surface area (Å²) in [5, 5.41) is 3.20. The maximum atomic E-state index is 9.38. The maximum Gasteiger partial charge on any atom is 0.164 e. The van der Waals surface area contributed by atoms with Gasteiger partial charge in [-0.2, -0.15) is 0 Å². The van der Waals surface area contributed by atoms with E-state index in [9.17, 15) is 2.74 Å². The Labute approximate surface area is 363 Å². The molecule has 5 heteroatoms. The maximum absolute atomic E-state index is 9.38. The van der Waals surface area contributed by atoms with Crippen LogP contribution < -0.4 is 0 Å². The summed E-state index contributed by atoms with van der Waals surface area (Å²) in [5.74, 6) is 1.40. The van der Waals surface area contributed by atoms with Gasteiger partial charge in [-0.1, -0.05) is 182 Å². The lowest BCUT2D eigenvalue weighted by molar-refractivity contribution is 0.669. The molecule has 62 heavy (non-hydrogen) atoms. The largest absolute Gasteiger partial charge is 0.456 e. The van der Waals surface area contributed by atoms with Crippen LogP contribution in [0.2, 0.25) is 0 Å². The highest BCUT2D eigenvalue weighted by Gasteiger charge is 2.20. The van der Waals surface area contributed by atoms with E-state index in [4.69, 9.17) is 22.1 Å². The summed E-state index contributed by atoms with van der Waals surface area (Å²) < 4.78 is 44.5. The summed E-state index contributed by atoms with van der Waals surface area (Å²) >= 11 is 0. The van der Waals surface area contributed by atoms with Gasteiger partial charge in [-0.3, -0.25) is 0 Å². The van der Waals surface area contributed by atoms with E-state index in [0.717, 1.165) is 72.0 Å². The minimum atomic E-state index is -0.301. The number of fused-ring (bicyclic) bond motifs is 6. The van der Waals surface area contributed by atoms with Crippen molar-refractivity contribution in [3.05, 3.63) is 218 Å². The van der Waals surface area contributed by atoms with Crippen LogP contribution in [0.4, 0.5) is 0 Å². The van der Waals surface area contributed by atoms with Crippen molar-refractivity contribution in [1.29, 1.82) is 0 Å². The van der Waals surface area contributed by atoms with Crippen LogP contribution in [0.3, 0.4) is 0 Å². The van der Waals surface area contributed by atoms with E-state index < -0.39 is 0 Å². The number of benzene rings is 9. The van der Waals surface area contributed by atoms with Crippen molar-refractivity contribution < 1.29 is 9.90 Å². The van der Waals surface area contributed by atoms with Crippen molar-refractivity contribution in [2.24, 2.45) is 0 Å². The summed E-state index contributed by atoms with van der Waals surface area (Å²) in [6, 6.07) is 64.0. The topological polar surface area (TPSA) is 56.7 Å². The van der Waals surface area contributed by atoms with Gasteiger partial charge in [0.1, 0.15) is 11.2 Å². The predicted octanol–water partition coefficient (Wildman–Crippen LogP) is 14.9. The lowest BCUT2D eigenvalue weighted by Crippen LogP contribution is -2.01. The van der Waals surface area contributed by atoms with E-state index >= 15 is 0 Å². The van der Waals surface area contributed by atoms with Crippen molar-refractivity contribution in [2.45, 2.75) is 0 Å². The molecule has 12 aromatic rings. The highest BCUT2D eigenvalue weighted by molar-refractivity contribution is 6.14. The molecule has 12 rings (SSSR count). The summed E-state index contributed by atoms with van der Waals surface area (Å²) in [6.45, 7) is 0. The second-order valence-corrected chi connectivity index (χ2v) is 15.3. The zero-order valence-electron chi connectivity index (χ0n) is 37.2. The molecule has 0 aliphatic heterocycles. The van der Waals surface area contributed by atoms with Gasteiger partial charge in [-0.15, -0.1) is 0 Å². The minimum Gasteiger partial charge on any atom is -0.456 e. The monoisotopic (exact) mass is 796 g/mol.